The Hall–Kier alpha value is -0.120. The number of nitrogens with zero attached hydrogens (tertiary/aromatic N) is 1. The molecule has 0 aromatic rings. The van der Waals surface area contributed by atoms with Gasteiger partial charge in [0.15, 0.2) is 0 Å². The van der Waals surface area contributed by atoms with Crippen molar-refractivity contribution < 1.29 is 4.74 Å². The molecule has 1 aliphatic rings. The third-order valence-corrected chi connectivity index (χ3v) is 3.21. The van der Waals surface area contributed by atoms with Crippen LogP contribution in [0.5, 0.6) is 0 Å². The molecular formula is C11H24N2O. The summed E-state index contributed by atoms with van der Waals surface area (Å²) in [6.45, 7) is 8.59. The van der Waals surface area contributed by atoms with Gasteiger partial charge in [0.1, 0.15) is 11.4 Å². The summed E-state index contributed by atoms with van der Waals surface area (Å²) in [6, 6.07) is 0.488. The summed E-state index contributed by atoms with van der Waals surface area (Å²) in [4.78, 5) is 2.11. The van der Waals surface area contributed by atoms with E-state index in [0.29, 0.717) is 6.04 Å². The molecule has 0 saturated carbocycles. The van der Waals surface area contributed by atoms with Crippen LogP contribution in [0.4, 0.5) is 0 Å². The molecule has 0 spiro atoms. The van der Waals surface area contributed by atoms with Gasteiger partial charge in [-0.3, -0.25) is 10.2 Å². The molecule has 1 aliphatic heterocycles. The van der Waals surface area contributed by atoms with Crippen LogP contribution in [0.1, 0.15) is 40.5 Å². The molecule has 3 heteroatoms. The molecule has 2 unspecified atom stereocenters. The standard InChI is InChI=1S/C11H24N2O/c1-7-8-11(9(2)12-11)14-10(3,4)13(5)6/h9,12H,7-8H2,1-6H3. The number of nitrogens with one attached hydrogen (secondary N) is 1. The Morgan fingerprint density at radius 3 is 2.21 bits per heavy atom. The largest absolute Gasteiger partial charge is 0.339 e. The van der Waals surface area contributed by atoms with E-state index in [-0.39, 0.29) is 11.4 Å². The van der Waals surface area contributed by atoms with Gasteiger partial charge in [-0.25, -0.2) is 0 Å². The van der Waals surface area contributed by atoms with Gasteiger partial charge in [-0.1, -0.05) is 13.3 Å². The average molecular weight is 200 g/mol. The monoisotopic (exact) mass is 200 g/mol. The zero-order valence-electron chi connectivity index (χ0n) is 10.3. The van der Waals surface area contributed by atoms with E-state index in [4.69, 9.17) is 4.74 Å². The summed E-state index contributed by atoms with van der Waals surface area (Å²) in [7, 11) is 4.10. The van der Waals surface area contributed by atoms with Crippen LogP contribution in [0.15, 0.2) is 0 Å². The minimum atomic E-state index is -0.201. The number of hydrogen-bond acceptors (Lipinski definition) is 3. The second-order valence-electron chi connectivity index (χ2n) is 4.95. The van der Waals surface area contributed by atoms with Gasteiger partial charge in [0.25, 0.3) is 0 Å². The molecule has 1 rings (SSSR count). The Bertz CT molecular complexity index is 203. The molecule has 1 heterocycles. The molecule has 3 nitrogen and oxygen atoms in total. The van der Waals surface area contributed by atoms with Crippen molar-refractivity contribution in [2.24, 2.45) is 0 Å². The first-order valence-electron chi connectivity index (χ1n) is 5.49. The second kappa shape index (κ2) is 3.80. The molecule has 0 aliphatic carbocycles. The van der Waals surface area contributed by atoms with E-state index in [2.05, 4.69) is 37.9 Å². The first-order chi connectivity index (χ1) is 6.34. The molecule has 0 aromatic heterocycles. The Kier molecular flexibility index (Phi) is 3.24. The molecule has 84 valence electrons. The Labute approximate surface area is 87.8 Å². The Morgan fingerprint density at radius 2 is 1.93 bits per heavy atom. The van der Waals surface area contributed by atoms with E-state index < -0.39 is 0 Å². The van der Waals surface area contributed by atoms with Crippen molar-refractivity contribution in [1.82, 2.24) is 10.2 Å². The van der Waals surface area contributed by atoms with Gasteiger partial charge in [0.05, 0.1) is 0 Å². The van der Waals surface area contributed by atoms with Crippen LogP contribution in [0.25, 0.3) is 0 Å². The van der Waals surface area contributed by atoms with Crippen LogP contribution in [-0.2, 0) is 4.74 Å². The minimum absolute atomic E-state index is 0.0669. The van der Waals surface area contributed by atoms with Gasteiger partial charge in [-0.2, -0.15) is 0 Å². The van der Waals surface area contributed by atoms with Crippen molar-refractivity contribution in [3.8, 4) is 0 Å². The third kappa shape index (κ3) is 2.27. The SMILES string of the molecule is CCCC1(OC(C)(C)N(C)C)NC1C. The van der Waals surface area contributed by atoms with E-state index in [1.54, 1.807) is 0 Å². The highest BCUT2D eigenvalue weighted by molar-refractivity contribution is 5.05. The van der Waals surface area contributed by atoms with Crippen LogP contribution in [0.3, 0.4) is 0 Å². The molecule has 1 fully saturated rings. The lowest BCUT2D eigenvalue weighted by Crippen LogP contribution is -2.46. The Morgan fingerprint density at radius 1 is 1.43 bits per heavy atom. The molecule has 0 amide bonds. The van der Waals surface area contributed by atoms with E-state index in [9.17, 15) is 0 Å². The quantitative estimate of drug-likeness (QED) is 0.543. The molecule has 0 radical (unpaired) electrons. The summed E-state index contributed by atoms with van der Waals surface area (Å²) >= 11 is 0. The van der Waals surface area contributed by atoms with Crippen molar-refractivity contribution in [1.29, 1.82) is 0 Å². The zero-order valence-corrected chi connectivity index (χ0v) is 10.3. The van der Waals surface area contributed by atoms with Crippen molar-refractivity contribution in [2.75, 3.05) is 14.1 Å². The smallest absolute Gasteiger partial charge is 0.137 e. The van der Waals surface area contributed by atoms with E-state index in [0.717, 1.165) is 12.8 Å². The highest BCUT2D eigenvalue weighted by atomic mass is 16.6. The average Bonchev–Trinajstić information content (AvgIpc) is 2.60. The fourth-order valence-corrected chi connectivity index (χ4v) is 1.69. The Balaban J connectivity index is 2.58. The first-order valence-corrected chi connectivity index (χ1v) is 5.49. The number of ether oxygens (including phenoxy) is 1. The highest BCUT2D eigenvalue weighted by Gasteiger charge is 2.54. The summed E-state index contributed by atoms with van der Waals surface area (Å²) in [5.41, 5.74) is -0.268. The lowest BCUT2D eigenvalue weighted by atomic mass is 10.1. The highest BCUT2D eigenvalue weighted by Crippen LogP contribution is 2.37. The maximum absolute atomic E-state index is 6.17. The summed E-state index contributed by atoms with van der Waals surface area (Å²) in [5, 5.41) is 3.41. The molecular weight excluding hydrogens is 176 g/mol. The summed E-state index contributed by atoms with van der Waals surface area (Å²) < 4.78 is 6.17. The normalized spacial score (nSPS) is 32.4. The maximum Gasteiger partial charge on any atom is 0.137 e. The van der Waals surface area contributed by atoms with Crippen molar-refractivity contribution in [2.45, 2.75) is 58.0 Å². The predicted molar refractivity (Wildman–Crippen MR) is 59.1 cm³/mol. The van der Waals surface area contributed by atoms with E-state index >= 15 is 0 Å². The number of hydrogen-bond donors (Lipinski definition) is 1. The van der Waals surface area contributed by atoms with Crippen molar-refractivity contribution in [3.05, 3.63) is 0 Å². The third-order valence-electron chi connectivity index (χ3n) is 3.21. The fraction of sp³-hybridized carbons (Fsp3) is 1.00. The van der Waals surface area contributed by atoms with Crippen LogP contribution in [0.2, 0.25) is 0 Å². The minimum Gasteiger partial charge on any atom is -0.339 e. The van der Waals surface area contributed by atoms with Crippen molar-refractivity contribution in [3.63, 3.8) is 0 Å². The first kappa shape index (κ1) is 12.0. The van der Waals surface area contributed by atoms with Crippen LogP contribution < -0.4 is 5.32 Å². The number of rotatable bonds is 5. The van der Waals surface area contributed by atoms with Gasteiger partial charge in [-0.05, 0) is 41.3 Å². The van der Waals surface area contributed by atoms with E-state index in [1.807, 2.05) is 14.1 Å². The molecule has 1 N–H and O–H groups in total. The maximum atomic E-state index is 6.17. The van der Waals surface area contributed by atoms with E-state index in [1.165, 1.54) is 0 Å². The van der Waals surface area contributed by atoms with Crippen molar-refractivity contribution >= 4 is 0 Å². The van der Waals surface area contributed by atoms with Crippen LogP contribution in [-0.4, -0.2) is 36.5 Å². The van der Waals surface area contributed by atoms with Gasteiger partial charge >= 0.3 is 0 Å². The second-order valence-corrected chi connectivity index (χ2v) is 4.95. The molecule has 14 heavy (non-hydrogen) atoms. The van der Waals surface area contributed by atoms with Gasteiger partial charge in [-0.15, -0.1) is 0 Å². The summed E-state index contributed by atoms with van der Waals surface area (Å²) in [5.74, 6) is 0. The predicted octanol–water partition coefficient (Wildman–Crippen LogP) is 1.79. The van der Waals surface area contributed by atoms with Crippen LogP contribution >= 0.6 is 0 Å². The molecule has 0 bridgehead atoms. The van der Waals surface area contributed by atoms with Gasteiger partial charge < -0.3 is 4.74 Å². The topological polar surface area (TPSA) is 34.4 Å². The zero-order chi connectivity index (χ0) is 11.0. The van der Waals surface area contributed by atoms with Gasteiger partial charge in [0.2, 0.25) is 0 Å². The van der Waals surface area contributed by atoms with Gasteiger partial charge in [0, 0.05) is 6.04 Å². The summed E-state index contributed by atoms with van der Waals surface area (Å²) in [6.07, 6.45) is 2.24. The lowest BCUT2D eigenvalue weighted by molar-refractivity contribution is -0.166. The molecule has 0 aromatic carbocycles. The van der Waals surface area contributed by atoms with Crippen LogP contribution in [0, 0.1) is 0 Å². The fourth-order valence-electron chi connectivity index (χ4n) is 1.69. The molecule has 2 atom stereocenters. The lowest BCUT2D eigenvalue weighted by Gasteiger charge is -2.36. The molecule has 1 saturated heterocycles.